The Labute approximate surface area is 110 Å². The van der Waals surface area contributed by atoms with E-state index in [9.17, 15) is 9.18 Å². The monoisotopic (exact) mass is 269 g/mol. The van der Waals surface area contributed by atoms with Crippen molar-refractivity contribution in [3.05, 3.63) is 30.1 Å². The third-order valence-corrected chi connectivity index (χ3v) is 4.44. The van der Waals surface area contributed by atoms with E-state index in [0.29, 0.717) is 10.6 Å². The van der Waals surface area contributed by atoms with E-state index in [1.54, 1.807) is 18.2 Å². The molecular formula is C13H16FNO2S. The fourth-order valence-corrected chi connectivity index (χ4v) is 3.02. The maximum absolute atomic E-state index is 13.5. The number of hydrogen-bond acceptors (Lipinski definition) is 4. The van der Waals surface area contributed by atoms with Crippen LogP contribution in [0.4, 0.5) is 4.39 Å². The first-order valence-corrected chi connectivity index (χ1v) is 6.81. The fourth-order valence-electron chi connectivity index (χ4n) is 1.89. The maximum Gasteiger partial charge on any atom is 0.327 e. The van der Waals surface area contributed by atoms with Gasteiger partial charge < -0.3 is 10.5 Å². The van der Waals surface area contributed by atoms with Gasteiger partial charge >= 0.3 is 5.97 Å². The second-order valence-corrected chi connectivity index (χ2v) is 5.54. The molecule has 0 spiro atoms. The molecule has 3 nitrogen and oxygen atoms in total. The summed E-state index contributed by atoms with van der Waals surface area (Å²) in [5, 5.41) is 0. The number of carbonyl (C=O) groups excluding carboxylic acids is 1. The van der Waals surface area contributed by atoms with E-state index in [1.807, 2.05) is 0 Å². The summed E-state index contributed by atoms with van der Waals surface area (Å²) in [4.78, 5) is 12.3. The molecule has 5 heteroatoms. The van der Waals surface area contributed by atoms with Gasteiger partial charge in [0, 0.05) is 10.6 Å². The van der Waals surface area contributed by atoms with Gasteiger partial charge in [-0.2, -0.15) is 0 Å². The Kier molecular flexibility index (Phi) is 3.92. The third kappa shape index (κ3) is 2.67. The molecule has 1 aromatic carbocycles. The summed E-state index contributed by atoms with van der Waals surface area (Å²) in [6.07, 6.45) is 1.87. The molecule has 0 saturated heterocycles. The van der Waals surface area contributed by atoms with Crippen LogP contribution in [0.1, 0.15) is 12.8 Å². The van der Waals surface area contributed by atoms with Crippen molar-refractivity contribution in [1.29, 1.82) is 0 Å². The highest BCUT2D eigenvalue weighted by molar-refractivity contribution is 7.99. The van der Waals surface area contributed by atoms with Gasteiger partial charge in [0.2, 0.25) is 0 Å². The van der Waals surface area contributed by atoms with Crippen LogP contribution in [0.5, 0.6) is 0 Å². The van der Waals surface area contributed by atoms with Gasteiger partial charge in [-0.1, -0.05) is 12.1 Å². The molecule has 0 aliphatic heterocycles. The molecule has 2 rings (SSSR count). The van der Waals surface area contributed by atoms with E-state index in [-0.39, 0.29) is 11.7 Å². The molecule has 1 aromatic rings. The zero-order valence-corrected chi connectivity index (χ0v) is 11.0. The van der Waals surface area contributed by atoms with Crippen molar-refractivity contribution in [3.8, 4) is 0 Å². The molecule has 1 aliphatic rings. The molecule has 2 N–H and O–H groups in total. The number of rotatable bonds is 5. The molecule has 1 atom stereocenters. The number of nitrogens with two attached hydrogens (primary N) is 1. The smallest absolute Gasteiger partial charge is 0.327 e. The standard InChI is InChI=1S/C13H16FNO2S/c1-17-12(16)13(15,9-6-7-9)8-18-11-5-3-2-4-10(11)14/h2-5,9H,6-8,15H2,1H3. The number of hydrogen-bond donors (Lipinski definition) is 1. The molecule has 1 saturated carbocycles. The number of carbonyl (C=O) groups is 1. The highest BCUT2D eigenvalue weighted by Crippen LogP contribution is 2.41. The van der Waals surface area contributed by atoms with E-state index >= 15 is 0 Å². The van der Waals surface area contributed by atoms with E-state index in [4.69, 9.17) is 10.5 Å². The van der Waals surface area contributed by atoms with Gasteiger partial charge in [0.1, 0.15) is 11.4 Å². The van der Waals surface area contributed by atoms with Crippen LogP contribution < -0.4 is 5.73 Å². The highest BCUT2D eigenvalue weighted by atomic mass is 32.2. The van der Waals surface area contributed by atoms with Crippen LogP contribution >= 0.6 is 11.8 Å². The Hall–Kier alpha value is -1.07. The molecule has 0 heterocycles. The van der Waals surface area contributed by atoms with E-state index in [0.717, 1.165) is 12.8 Å². The number of methoxy groups -OCH3 is 1. The molecule has 0 bridgehead atoms. The third-order valence-electron chi connectivity index (χ3n) is 3.17. The van der Waals surface area contributed by atoms with Gasteiger partial charge in [-0.05, 0) is 30.9 Å². The number of halogens is 1. The van der Waals surface area contributed by atoms with Gasteiger partial charge in [0.15, 0.2) is 0 Å². The van der Waals surface area contributed by atoms with Crippen LogP contribution in [-0.2, 0) is 9.53 Å². The van der Waals surface area contributed by atoms with Crippen LogP contribution in [-0.4, -0.2) is 24.4 Å². The maximum atomic E-state index is 13.5. The fraction of sp³-hybridized carbons (Fsp3) is 0.462. The summed E-state index contributed by atoms with van der Waals surface area (Å²) >= 11 is 1.27. The minimum Gasteiger partial charge on any atom is -0.468 e. The lowest BCUT2D eigenvalue weighted by molar-refractivity contribution is -0.146. The molecule has 0 aromatic heterocycles. The largest absolute Gasteiger partial charge is 0.468 e. The second kappa shape index (κ2) is 5.28. The van der Waals surface area contributed by atoms with Gasteiger partial charge in [0.25, 0.3) is 0 Å². The summed E-state index contributed by atoms with van der Waals surface area (Å²) in [6.45, 7) is 0. The Morgan fingerprint density at radius 3 is 2.78 bits per heavy atom. The van der Waals surface area contributed by atoms with Crippen LogP contribution in [0.2, 0.25) is 0 Å². The average molecular weight is 269 g/mol. The van der Waals surface area contributed by atoms with Gasteiger partial charge in [-0.3, -0.25) is 4.79 Å². The molecule has 1 unspecified atom stereocenters. The summed E-state index contributed by atoms with van der Waals surface area (Å²) in [5.41, 5.74) is 5.14. The predicted molar refractivity (Wildman–Crippen MR) is 68.8 cm³/mol. The van der Waals surface area contributed by atoms with Crippen molar-refractivity contribution in [2.45, 2.75) is 23.3 Å². The van der Waals surface area contributed by atoms with Crippen molar-refractivity contribution in [3.63, 3.8) is 0 Å². The van der Waals surface area contributed by atoms with Crippen molar-refractivity contribution >= 4 is 17.7 Å². The second-order valence-electron chi connectivity index (χ2n) is 4.53. The molecule has 18 heavy (non-hydrogen) atoms. The average Bonchev–Trinajstić information content (AvgIpc) is 3.21. The SMILES string of the molecule is COC(=O)C(N)(CSc1ccccc1F)C1CC1. The molecule has 1 fully saturated rings. The lowest BCUT2D eigenvalue weighted by Gasteiger charge is -2.25. The first-order chi connectivity index (χ1) is 8.58. The lowest BCUT2D eigenvalue weighted by atomic mass is 9.97. The summed E-state index contributed by atoms with van der Waals surface area (Å²) in [5.74, 6) is -0.200. The van der Waals surface area contributed by atoms with Crippen molar-refractivity contribution in [2.75, 3.05) is 12.9 Å². The Balaban J connectivity index is 2.07. The van der Waals surface area contributed by atoms with E-state index in [1.165, 1.54) is 24.9 Å². The van der Waals surface area contributed by atoms with E-state index < -0.39 is 11.5 Å². The van der Waals surface area contributed by atoms with Gasteiger partial charge in [0.05, 0.1) is 7.11 Å². The van der Waals surface area contributed by atoms with Crippen LogP contribution in [0, 0.1) is 11.7 Å². The zero-order chi connectivity index (χ0) is 13.2. The zero-order valence-electron chi connectivity index (χ0n) is 10.2. The molecule has 0 amide bonds. The number of benzene rings is 1. The topological polar surface area (TPSA) is 52.3 Å². The van der Waals surface area contributed by atoms with Crippen LogP contribution in [0.15, 0.2) is 29.2 Å². The van der Waals surface area contributed by atoms with Crippen molar-refractivity contribution < 1.29 is 13.9 Å². The quantitative estimate of drug-likeness (QED) is 0.657. The summed E-state index contributed by atoms with van der Waals surface area (Å²) in [6, 6.07) is 6.48. The first kappa shape index (κ1) is 13.4. The van der Waals surface area contributed by atoms with Crippen LogP contribution in [0.3, 0.4) is 0 Å². The molecule has 98 valence electrons. The van der Waals surface area contributed by atoms with Gasteiger partial charge in [-0.25, -0.2) is 4.39 Å². The number of esters is 1. The minimum atomic E-state index is -0.998. The number of thioether (sulfide) groups is 1. The minimum absolute atomic E-state index is 0.157. The summed E-state index contributed by atoms with van der Waals surface area (Å²) < 4.78 is 18.3. The lowest BCUT2D eigenvalue weighted by Crippen LogP contribution is -2.53. The Morgan fingerprint density at radius 1 is 1.56 bits per heavy atom. The summed E-state index contributed by atoms with van der Waals surface area (Å²) in [7, 11) is 1.33. The normalized spacial score (nSPS) is 18.2. The van der Waals surface area contributed by atoms with Crippen molar-refractivity contribution in [2.24, 2.45) is 11.7 Å². The van der Waals surface area contributed by atoms with Gasteiger partial charge in [-0.15, -0.1) is 11.8 Å². The highest BCUT2D eigenvalue weighted by Gasteiger charge is 2.48. The Morgan fingerprint density at radius 2 is 2.22 bits per heavy atom. The molecule has 0 radical (unpaired) electrons. The van der Waals surface area contributed by atoms with E-state index in [2.05, 4.69) is 0 Å². The van der Waals surface area contributed by atoms with Crippen molar-refractivity contribution in [1.82, 2.24) is 0 Å². The Bertz CT molecular complexity index is 450. The number of ether oxygens (including phenoxy) is 1. The molecular weight excluding hydrogens is 253 g/mol. The first-order valence-electron chi connectivity index (χ1n) is 5.82. The van der Waals surface area contributed by atoms with Crippen LogP contribution in [0.25, 0.3) is 0 Å². The predicted octanol–water partition coefficient (Wildman–Crippen LogP) is 2.20. The molecule has 1 aliphatic carbocycles.